The lowest BCUT2D eigenvalue weighted by Crippen LogP contribution is -2.58. The number of carbonyl (C=O) groups excluding carboxylic acids is 2. The standard InChI is InChI=1S/C16H26N2O2/c1-2-15(9-10-15)12-18-11-6-13(19)17-16(14(18)20)7-4-3-5-8-16/h2-12H2,1H3,(H,17,19). The third-order valence-electron chi connectivity index (χ3n) is 5.62. The van der Waals surface area contributed by atoms with Crippen molar-refractivity contribution in [1.82, 2.24) is 10.2 Å². The highest BCUT2D eigenvalue weighted by Crippen LogP contribution is 2.49. The molecular weight excluding hydrogens is 252 g/mol. The average molecular weight is 278 g/mol. The van der Waals surface area contributed by atoms with E-state index in [-0.39, 0.29) is 11.8 Å². The van der Waals surface area contributed by atoms with E-state index in [0.29, 0.717) is 18.4 Å². The Bertz CT molecular complexity index is 409. The Balaban J connectivity index is 1.80. The first-order chi connectivity index (χ1) is 9.59. The quantitative estimate of drug-likeness (QED) is 0.860. The van der Waals surface area contributed by atoms with Gasteiger partial charge in [-0.05, 0) is 37.5 Å². The number of amides is 2. The molecule has 1 aliphatic heterocycles. The van der Waals surface area contributed by atoms with Crippen molar-refractivity contribution in [2.24, 2.45) is 5.41 Å². The number of rotatable bonds is 3. The first-order valence-corrected chi connectivity index (χ1v) is 8.20. The second kappa shape index (κ2) is 5.05. The molecule has 4 heteroatoms. The third kappa shape index (κ3) is 2.45. The van der Waals surface area contributed by atoms with Crippen molar-refractivity contribution < 1.29 is 9.59 Å². The molecule has 0 bridgehead atoms. The van der Waals surface area contributed by atoms with Gasteiger partial charge in [-0.3, -0.25) is 9.59 Å². The molecule has 1 heterocycles. The van der Waals surface area contributed by atoms with Crippen LogP contribution in [-0.2, 0) is 9.59 Å². The van der Waals surface area contributed by atoms with Crippen molar-refractivity contribution in [2.75, 3.05) is 13.1 Å². The van der Waals surface area contributed by atoms with E-state index in [1.807, 2.05) is 4.90 Å². The van der Waals surface area contributed by atoms with Gasteiger partial charge in [-0.1, -0.05) is 26.2 Å². The molecule has 1 spiro atoms. The second-order valence-electron chi connectivity index (χ2n) is 7.02. The fourth-order valence-corrected chi connectivity index (χ4v) is 3.87. The predicted octanol–water partition coefficient (Wildman–Crippen LogP) is 2.23. The first-order valence-electron chi connectivity index (χ1n) is 8.20. The van der Waals surface area contributed by atoms with Gasteiger partial charge >= 0.3 is 0 Å². The molecule has 0 unspecified atom stereocenters. The number of nitrogens with one attached hydrogen (secondary N) is 1. The number of hydrogen-bond acceptors (Lipinski definition) is 2. The molecule has 1 N–H and O–H groups in total. The van der Waals surface area contributed by atoms with Crippen molar-refractivity contribution in [3.05, 3.63) is 0 Å². The van der Waals surface area contributed by atoms with Gasteiger partial charge in [0.25, 0.3) is 0 Å². The zero-order valence-corrected chi connectivity index (χ0v) is 12.5. The largest absolute Gasteiger partial charge is 0.342 e. The molecule has 3 fully saturated rings. The Labute approximate surface area is 121 Å². The molecule has 0 aromatic heterocycles. The predicted molar refractivity (Wildman–Crippen MR) is 77.1 cm³/mol. The Kier molecular flexibility index (Phi) is 3.51. The van der Waals surface area contributed by atoms with E-state index in [4.69, 9.17) is 0 Å². The van der Waals surface area contributed by atoms with E-state index in [1.54, 1.807) is 0 Å². The van der Waals surface area contributed by atoms with Gasteiger partial charge in [0.1, 0.15) is 5.54 Å². The van der Waals surface area contributed by atoms with Gasteiger partial charge in [0.15, 0.2) is 0 Å². The summed E-state index contributed by atoms with van der Waals surface area (Å²) in [6.45, 7) is 3.68. The summed E-state index contributed by atoms with van der Waals surface area (Å²) in [6.07, 6.45) is 9.03. The monoisotopic (exact) mass is 278 g/mol. The van der Waals surface area contributed by atoms with Crippen LogP contribution in [-0.4, -0.2) is 35.3 Å². The van der Waals surface area contributed by atoms with Crippen molar-refractivity contribution in [3.8, 4) is 0 Å². The van der Waals surface area contributed by atoms with Gasteiger partial charge in [-0.25, -0.2) is 0 Å². The molecule has 2 amide bonds. The summed E-state index contributed by atoms with van der Waals surface area (Å²) in [5.74, 6) is 0.256. The minimum atomic E-state index is -0.574. The van der Waals surface area contributed by atoms with Crippen LogP contribution in [0.4, 0.5) is 0 Å². The van der Waals surface area contributed by atoms with Crippen molar-refractivity contribution in [1.29, 1.82) is 0 Å². The molecular formula is C16H26N2O2. The lowest BCUT2D eigenvalue weighted by atomic mass is 9.80. The molecule has 2 saturated carbocycles. The van der Waals surface area contributed by atoms with Crippen LogP contribution in [0.3, 0.4) is 0 Å². The molecule has 20 heavy (non-hydrogen) atoms. The summed E-state index contributed by atoms with van der Waals surface area (Å²) < 4.78 is 0. The molecule has 4 nitrogen and oxygen atoms in total. The second-order valence-corrected chi connectivity index (χ2v) is 7.02. The maximum Gasteiger partial charge on any atom is 0.248 e. The van der Waals surface area contributed by atoms with Gasteiger partial charge in [-0.2, -0.15) is 0 Å². The topological polar surface area (TPSA) is 49.4 Å². The summed E-state index contributed by atoms with van der Waals surface area (Å²) >= 11 is 0. The van der Waals surface area contributed by atoms with Crippen LogP contribution in [0.1, 0.15) is 64.7 Å². The van der Waals surface area contributed by atoms with Crippen molar-refractivity contribution >= 4 is 11.8 Å². The van der Waals surface area contributed by atoms with Crippen molar-refractivity contribution in [2.45, 2.75) is 70.3 Å². The van der Waals surface area contributed by atoms with Crippen LogP contribution in [0, 0.1) is 5.41 Å². The summed E-state index contributed by atoms with van der Waals surface area (Å²) in [4.78, 5) is 27.0. The molecule has 0 aromatic rings. The van der Waals surface area contributed by atoms with Gasteiger partial charge in [0, 0.05) is 19.5 Å². The van der Waals surface area contributed by atoms with Crippen LogP contribution in [0.2, 0.25) is 0 Å². The maximum atomic E-state index is 13.0. The van der Waals surface area contributed by atoms with Crippen LogP contribution in [0.25, 0.3) is 0 Å². The Morgan fingerprint density at radius 3 is 2.40 bits per heavy atom. The average Bonchev–Trinajstić information content (AvgIpc) is 3.24. The SMILES string of the molecule is CCC1(CN2CCC(=O)NC3(CCCCC3)C2=O)CC1. The molecule has 0 aromatic carbocycles. The normalized spacial score (nSPS) is 28.1. The minimum Gasteiger partial charge on any atom is -0.342 e. The number of carbonyl (C=O) groups is 2. The summed E-state index contributed by atoms with van der Waals surface area (Å²) in [7, 11) is 0. The maximum absolute atomic E-state index is 13.0. The first kappa shape index (κ1) is 13.9. The van der Waals surface area contributed by atoms with E-state index in [9.17, 15) is 9.59 Å². The van der Waals surface area contributed by atoms with E-state index in [1.165, 1.54) is 19.3 Å². The molecule has 3 rings (SSSR count). The lowest BCUT2D eigenvalue weighted by Gasteiger charge is -2.39. The fourth-order valence-electron chi connectivity index (χ4n) is 3.87. The van der Waals surface area contributed by atoms with E-state index in [2.05, 4.69) is 12.2 Å². The van der Waals surface area contributed by atoms with Gasteiger partial charge in [0.2, 0.25) is 11.8 Å². The van der Waals surface area contributed by atoms with E-state index < -0.39 is 5.54 Å². The molecule has 0 atom stereocenters. The summed E-state index contributed by atoms with van der Waals surface area (Å²) in [6, 6.07) is 0. The number of nitrogens with zero attached hydrogens (tertiary/aromatic N) is 1. The zero-order valence-electron chi connectivity index (χ0n) is 12.5. The van der Waals surface area contributed by atoms with Crippen LogP contribution >= 0.6 is 0 Å². The highest BCUT2D eigenvalue weighted by molar-refractivity contribution is 5.93. The molecule has 2 aliphatic carbocycles. The van der Waals surface area contributed by atoms with E-state index >= 15 is 0 Å². The minimum absolute atomic E-state index is 0.0593. The Hall–Kier alpha value is -1.06. The third-order valence-corrected chi connectivity index (χ3v) is 5.62. The van der Waals surface area contributed by atoms with Crippen LogP contribution in [0.15, 0.2) is 0 Å². The highest BCUT2D eigenvalue weighted by atomic mass is 16.2. The van der Waals surface area contributed by atoms with Crippen LogP contribution in [0.5, 0.6) is 0 Å². The molecule has 1 saturated heterocycles. The van der Waals surface area contributed by atoms with Gasteiger partial charge in [0.05, 0.1) is 0 Å². The van der Waals surface area contributed by atoms with Gasteiger partial charge in [-0.15, -0.1) is 0 Å². The fraction of sp³-hybridized carbons (Fsp3) is 0.875. The Morgan fingerprint density at radius 2 is 1.80 bits per heavy atom. The number of hydrogen-bond donors (Lipinski definition) is 1. The lowest BCUT2D eigenvalue weighted by molar-refractivity contribution is -0.141. The van der Waals surface area contributed by atoms with E-state index in [0.717, 1.165) is 38.6 Å². The Morgan fingerprint density at radius 1 is 1.10 bits per heavy atom. The summed E-state index contributed by atoms with van der Waals surface area (Å²) in [5.41, 5.74) is -0.214. The van der Waals surface area contributed by atoms with Gasteiger partial charge < -0.3 is 10.2 Å². The van der Waals surface area contributed by atoms with Crippen molar-refractivity contribution in [3.63, 3.8) is 0 Å². The highest BCUT2D eigenvalue weighted by Gasteiger charge is 2.49. The molecule has 0 radical (unpaired) electrons. The molecule has 112 valence electrons. The smallest absolute Gasteiger partial charge is 0.248 e. The van der Waals surface area contributed by atoms with Crippen LogP contribution < -0.4 is 5.32 Å². The molecule has 3 aliphatic rings. The zero-order chi connectivity index (χ0) is 14.2. The summed E-state index contributed by atoms with van der Waals surface area (Å²) in [5, 5.41) is 3.07.